The van der Waals surface area contributed by atoms with Crippen molar-refractivity contribution in [1.82, 2.24) is 4.90 Å². The number of carbonyl (C=O) groups excluding carboxylic acids is 2. The van der Waals surface area contributed by atoms with Crippen LogP contribution in [-0.4, -0.2) is 27.8 Å². The Kier molecular flexibility index (Phi) is 4.85. The van der Waals surface area contributed by atoms with Gasteiger partial charge in [-0.3, -0.25) is 15.1 Å². The number of ether oxygens (including phenoxy) is 1. The Morgan fingerprint density at radius 3 is 2.83 bits per heavy atom. The number of benzene rings is 2. The van der Waals surface area contributed by atoms with Crippen LogP contribution < -0.4 is 4.74 Å². The number of nitrogens with one attached hydrogen (secondary N) is 1. The van der Waals surface area contributed by atoms with Crippen LogP contribution in [0, 0.1) is 11.2 Å². The van der Waals surface area contributed by atoms with Gasteiger partial charge in [-0.2, -0.15) is 4.99 Å². The highest BCUT2D eigenvalue weighted by atomic mass is 32.2. The Bertz CT molecular complexity index is 1150. The van der Waals surface area contributed by atoms with Gasteiger partial charge < -0.3 is 4.74 Å². The minimum Gasteiger partial charge on any atom is -0.423 e. The van der Waals surface area contributed by atoms with Gasteiger partial charge in [-0.15, -0.1) is 0 Å². The summed E-state index contributed by atoms with van der Waals surface area (Å²) in [7, 11) is 0. The molecule has 0 radical (unpaired) electrons. The van der Waals surface area contributed by atoms with Gasteiger partial charge in [0.1, 0.15) is 17.4 Å². The number of fused-ring (bicyclic) bond motifs is 1. The molecule has 6 nitrogen and oxygen atoms in total. The number of nitrogens with zero attached hydrogens (tertiary/aromatic N) is 2. The molecule has 2 aliphatic heterocycles. The number of hydrogen-bond donors (Lipinski definition) is 1. The molecule has 4 rings (SSSR count). The molecule has 8 heteroatoms. The number of carbonyl (C=O) groups is 2. The van der Waals surface area contributed by atoms with E-state index < -0.39 is 17.7 Å². The maximum absolute atomic E-state index is 13.8. The lowest BCUT2D eigenvalue weighted by atomic mass is 10.1. The molecule has 1 N–H and O–H groups in total. The van der Waals surface area contributed by atoms with Crippen LogP contribution in [0.25, 0.3) is 6.08 Å². The third kappa shape index (κ3) is 3.62. The van der Waals surface area contributed by atoms with Gasteiger partial charge in [-0.25, -0.2) is 9.18 Å². The van der Waals surface area contributed by atoms with Gasteiger partial charge in [0.2, 0.25) is 0 Å². The molecule has 0 saturated carbocycles. The number of thioether (sulfide) groups is 1. The average Bonchev–Trinajstić information content (AvgIpc) is 3.06. The van der Waals surface area contributed by atoms with E-state index in [0.717, 1.165) is 5.70 Å². The molecule has 0 spiro atoms. The van der Waals surface area contributed by atoms with Crippen molar-refractivity contribution in [2.45, 2.75) is 6.92 Å². The number of aliphatic imine (C=N–C) groups is 1. The van der Waals surface area contributed by atoms with Crippen LogP contribution in [0.5, 0.6) is 5.75 Å². The van der Waals surface area contributed by atoms with E-state index in [1.165, 1.54) is 42.1 Å². The molecule has 0 atom stereocenters. The topological polar surface area (TPSA) is 82.8 Å². The van der Waals surface area contributed by atoms with Crippen molar-refractivity contribution < 1.29 is 18.7 Å². The van der Waals surface area contributed by atoms with E-state index in [9.17, 15) is 14.0 Å². The first-order valence-electron chi connectivity index (χ1n) is 8.58. The summed E-state index contributed by atoms with van der Waals surface area (Å²) in [5, 5.41) is 10.6. The highest BCUT2D eigenvalue weighted by molar-refractivity contribution is 8.16. The third-order valence-corrected chi connectivity index (χ3v) is 5.20. The lowest BCUT2D eigenvalue weighted by Crippen LogP contribution is -2.37. The third-order valence-electron chi connectivity index (χ3n) is 4.26. The summed E-state index contributed by atoms with van der Waals surface area (Å²) in [6, 6.07) is 12.0. The van der Waals surface area contributed by atoms with E-state index in [0.29, 0.717) is 10.7 Å². The SMILES string of the molecule is CC1=CSC2=NC(=O)C(=Cc3cccc(OC(=O)c4ccccc4F)c3)C(=N)N12. The number of halogens is 1. The van der Waals surface area contributed by atoms with Crippen LogP contribution >= 0.6 is 11.8 Å². The monoisotopic (exact) mass is 407 g/mol. The van der Waals surface area contributed by atoms with Crippen LogP contribution in [0.15, 0.2) is 70.2 Å². The number of allylic oxidation sites excluding steroid dienone is 1. The van der Waals surface area contributed by atoms with Crippen molar-refractivity contribution in [2.75, 3.05) is 0 Å². The van der Waals surface area contributed by atoms with Crippen molar-refractivity contribution in [3.05, 3.63) is 82.2 Å². The van der Waals surface area contributed by atoms with E-state index in [4.69, 9.17) is 10.1 Å². The maximum Gasteiger partial charge on any atom is 0.346 e. The average molecular weight is 407 g/mol. The zero-order valence-electron chi connectivity index (χ0n) is 15.2. The number of amides is 1. The summed E-state index contributed by atoms with van der Waals surface area (Å²) in [5.74, 6) is -1.77. The minimum atomic E-state index is -0.821. The van der Waals surface area contributed by atoms with Crippen molar-refractivity contribution >= 4 is 40.7 Å². The van der Waals surface area contributed by atoms with E-state index in [1.807, 2.05) is 12.3 Å². The fourth-order valence-corrected chi connectivity index (χ4v) is 3.72. The summed E-state index contributed by atoms with van der Waals surface area (Å²) < 4.78 is 19.0. The standard InChI is InChI=1S/C21H14FN3O3S/c1-12-11-29-21-24-19(26)16(18(23)25(12)21)10-13-5-4-6-14(9-13)28-20(27)15-7-2-3-8-17(15)22/h2-11,23H,1H3. The Balaban J connectivity index is 1.60. The first-order valence-corrected chi connectivity index (χ1v) is 9.46. The second-order valence-electron chi connectivity index (χ2n) is 6.26. The van der Waals surface area contributed by atoms with Gasteiger partial charge in [0.05, 0.1) is 11.1 Å². The first kappa shape index (κ1) is 18.8. The van der Waals surface area contributed by atoms with Crippen molar-refractivity contribution in [3.63, 3.8) is 0 Å². The van der Waals surface area contributed by atoms with Crippen LogP contribution in [0.4, 0.5) is 4.39 Å². The zero-order chi connectivity index (χ0) is 20.5. The van der Waals surface area contributed by atoms with Crippen molar-refractivity contribution in [2.24, 2.45) is 4.99 Å². The summed E-state index contributed by atoms with van der Waals surface area (Å²) >= 11 is 1.30. The number of esters is 1. The first-order chi connectivity index (χ1) is 13.9. The van der Waals surface area contributed by atoms with E-state index in [1.54, 1.807) is 29.2 Å². The summed E-state index contributed by atoms with van der Waals surface area (Å²) in [6.07, 6.45) is 1.52. The summed E-state index contributed by atoms with van der Waals surface area (Å²) in [6.45, 7) is 1.83. The van der Waals surface area contributed by atoms with Gasteiger partial charge in [-0.1, -0.05) is 36.0 Å². The van der Waals surface area contributed by atoms with E-state index in [2.05, 4.69) is 4.99 Å². The van der Waals surface area contributed by atoms with Gasteiger partial charge in [0, 0.05) is 5.70 Å². The fraction of sp³-hybridized carbons (Fsp3) is 0.0476. The molecule has 0 aromatic heterocycles. The van der Waals surface area contributed by atoms with Crippen LogP contribution in [-0.2, 0) is 4.79 Å². The van der Waals surface area contributed by atoms with E-state index >= 15 is 0 Å². The lowest BCUT2D eigenvalue weighted by molar-refractivity contribution is -0.114. The molecule has 0 unspecified atom stereocenters. The molecule has 0 fully saturated rings. The smallest absolute Gasteiger partial charge is 0.346 e. The summed E-state index contributed by atoms with van der Waals surface area (Å²) in [5.41, 5.74) is 1.31. The molecule has 29 heavy (non-hydrogen) atoms. The van der Waals surface area contributed by atoms with Crippen LogP contribution in [0.3, 0.4) is 0 Å². The highest BCUT2D eigenvalue weighted by Gasteiger charge is 2.33. The second-order valence-corrected chi connectivity index (χ2v) is 7.10. The Labute approximate surface area is 169 Å². The molecule has 2 heterocycles. The molecule has 1 amide bonds. The quantitative estimate of drug-likeness (QED) is 0.468. The lowest BCUT2D eigenvalue weighted by Gasteiger charge is -2.25. The van der Waals surface area contributed by atoms with Crippen LogP contribution in [0.1, 0.15) is 22.8 Å². The Hall–Kier alpha value is -3.52. The predicted molar refractivity (Wildman–Crippen MR) is 109 cm³/mol. The number of rotatable bonds is 3. The predicted octanol–water partition coefficient (Wildman–Crippen LogP) is 4.21. The van der Waals surface area contributed by atoms with Gasteiger partial charge in [-0.05, 0) is 48.2 Å². The second kappa shape index (κ2) is 7.48. The number of amidine groups is 2. The van der Waals surface area contributed by atoms with Crippen LogP contribution in [0.2, 0.25) is 0 Å². The van der Waals surface area contributed by atoms with E-state index in [-0.39, 0.29) is 22.7 Å². The molecular weight excluding hydrogens is 393 g/mol. The van der Waals surface area contributed by atoms with Crippen molar-refractivity contribution in [3.8, 4) is 5.75 Å². The molecule has 2 aromatic carbocycles. The molecule has 2 aromatic rings. The zero-order valence-corrected chi connectivity index (χ0v) is 16.0. The number of hydrogen-bond acceptors (Lipinski definition) is 5. The van der Waals surface area contributed by atoms with Gasteiger partial charge >= 0.3 is 5.97 Å². The van der Waals surface area contributed by atoms with Gasteiger partial charge in [0.25, 0.3) is 5.91 Å². The maximum atomic E-state index is 13.8. The molecular formula is C21H14FN3O3S. The minimum absolute atomic E-state index is 0.0347. The Morgan fingerprint density at radius 2 is 2.03 bits per heavy atom. The summed E-state index contributed by atoms with van der Waals surface area (Å²) in [4.78, 5) is 30.2. The largest absolute Gasteiger partial charge is 0.423 e. The molecule has 0 aliphatic carbocycles. The Morgan fingerprint density at radius 1 is 1.24 bits per heavy atom. The molecule has 0 saturated heterocycles. The fourth-order valence-electron chi connectivity index (χ4n) is 2.86. The molecule has 0 bridgehead atoms. The highest BCUT2D eigenvalue weighted by Crippen LogP contribution is 2.32. The molecule has 2 aliphatic rings. The van der Waals surface area contributed by atoms with Crippen molar-refractivity contribution in [1.29, 1.82) is 5.41 Å². The van der Waals surface area contributed by atoms with Gasteiger partial charge in [0.15, 0.2) is 5.17 Å². The molecule has 144 valence electrons. The normalized spacial score (nSPS) is 17.2.